The summed E-state index contributed by atoms with van der Waals surface area (Å²) in [6.07, 6.45) is 1.39. The minimum absolute atomic E-state index is 0.169. The molecule has 6 amide bonds. The lowest BCUT2D eigenvalue weighted by atomic mass is 10.1. The van der Waals surface area contributed by atoms with Crippen molar-refractivity contribution in [2.45, 2.75) is 76.0 Å². The Kier molecular flexibility index (Phi) is 18.1. The molecule has 6 rings (SSSR count). The minimum Gasteiger partial charge on any atom is -0.494 e. The Labute approximate surface area is 423 Å². The maximum Gasteiger partial charge on any atom is 0.408 e. The fraction of sp³-hybridized carbons (Fsp3) is 0.412. The van der Waals surface area contributed by atoms with Crippen molar-refractivity contribution in [2.24, 2.45) is 0 Å². The number of hydrogen-bond acceptors (Lipinski definition) is 13. The smallest absolute Gasteiger partial charge is 0.408 e. The molecule has 2 aromatic heterocycles. The molecule has 2 saturated heterocycles. The number of carbonyl (C=O) groups excluding carboxylic acids is 6. The van der Waals surface area contributed by atoms with Gasteiger partial charge in [-0.05, 0) is 106 Å². The van der Waals surface area contributed by atoms with Gasteiger partial charge in [-0.3, -0.25) is 33.9 Å². The summed E-state index contributed by atoms with van der Waals surface area (Å²) in [5.41, 5.74) is 1.71. The van der Waals surface area contributed by atoms with E-state index in [2.05, 4.69) is 25.9 Å². The second-order valence-electron chi connectivity index (χ2n) is 18.4. The van der Waals surface area contributed by atoms with Crippen molar-refractivity contribution in [2.75, 3.05) is 59.0 Å². The van der Waals surface area contributed by atoms with Gasteiger partial charge in [-0.15, -0.1) is 0 Å². The first-order valence-corrected chi connectivity index (χ1v) is 23.5. The van der Waals surface area contributed by atoms with Crippen LogP contribution in [-0.4, -0.2) is 149 Å². The predicted octanol–water partition coefficient (Wildman–Crippen LogP) is 5.38. The van der Waals surface area contributed by atoms with Crippen LogP contribution in [0.2, 0.25) is 0 Å². The SMILES string of the molecule is CC(C)(C)OC(=O)NCC(=O)N(CCCOc1ccc(-c2cc(C(=O)NCC(=O)N3CC(F)(F)C[C@H]3C#N)ccn2)cc1)CCCOc1ccc(-c2cc(C(=O)NCC(=O)N3CC(F)(F)C[C@H]3C#N)ccn2)cc1. The number of aromatic nitrogens is 2. The van der Waals surface area contributed by atoms with Gasteiger partial charge in [-0.2, -0.15) is 10.5 Å². The molecule has 2 atom stereocenters. The number of hydrogen-bond donors (Lipinski definition) is 3. The number of carbonyl (C=O) groups is 6. The lowest BCUT2D eigenvalue weighted by Crippen LogP contribution is -2.43. The van der Waals surface area contributed by atoms with Gasteiger partial charge < -0.3 is 44.9 Å². The van der Waals surface area contributed by atoms with Crippen LogP contribution in [0.25, 0.3) is 22.5 Å². The summed E-state index contributed by atoms with van der Waals surface area (Å²) in [5.74, 6) is -8.56. The molecule has 0 radical (unpaired) electrons. The molecule has 2 aliphatic rings. The molecule has 74 heavy (non-hydrogen) atoms. The molecule has 390 valence electrons. The van der Waals surface area contributed by atoms with Crippen LogP contribution < -0.4 is 25.4 Å². The number of likely N-dealkylation sites (tertiary alicyclic amines) is 2. The molecule has 2 aliphatic heterocycles. The van der Waals surface area contributed by atoms with Gasteiger partial charge in [0, 0.05) is 60.6 Å². The Balaban J connectivity index is 0.965. The first-order valence-electron chi connectivity index (χ1n) is 23.5. The molecule has 0 aliphatic carbocycles. The first kappa shape index (κ1) is 55.0. The average Bonchev–Trinajstić information content (AvgIpc) is 3.89. The van der Waals surface area contributed by atoms with Crippen molar-refractivity contribution >= 4 is 35.6 Å². The molecule has 19 nitrogen and oxygen atoms in total. The summed E-state index contributed by atoms with van der Waals surface area (Å²) in [7, 11) is 0. The molecule has 0 saturated carbocycles. The number of benzene rings is 2. The van der Waals surface area contributed by atoms with Crippen molar-refractivity contribution in [1.82, 2.24) is 40.6 Å². The largest absolute Gasteiger partial charge is 0.494 e. The van der Waals surface area contributed by atoms with E-state index in [1.807, 2.05) is 0 Å². The summed E-state index contributed by atoms with van der Waals surface area (Å²) < 4.78 is 72.4. The highest BCUT2D eigenvalue weighted by Gasteiger charge is 2.48. The summed E-state index contributed by atoms with van der Waals surface area (Å²) in [4.78, 5) is 88.3. The standard InChI is InChI=1S/C51H54F4N10O9/c1-49(2,3)74-48(71)62-28-43(66)63(18-4-20-72-39-10-6-33(7-11-39)41-22-35(14-16-58-41)46(69)60-29-44(67)64-31-50(52,53)24-37(64)26-56)19-5-21-73-40-12-8-34(9-13-40)42-23-36(15-17-59-42)47(70)61-30-45(68)65-32-51(54,55)25-38(65)27-57/h6-17,22-23,37-38H,4-5,18-21,24-25,28-32H2,1-3H3,(H,60,69)(H,61,70)(H,62,71)/t37-,38-/m0/s1. The maximum atomic E-state index is 13.8. The number of alkyl carbamates (subject to hydrolysis) is 1. The minimum atomic E-state index is -3.18. The molecule has 3 N–H and O–H groups in total. The van der Waals surface area contributed by atoms with Crippen LogP contribution in [0, 0.1) is 22.7 Å². The number of pyridine rings is 2. The Bertz CT molecular complexity index is 2600. The van der Waals surface area contributed by atoms with E-state index in [0.717, 1.165) is 9.80 Å². The highest BCUT2D eigenvalue weighted by Crippen LogP contribution is 2.33. The van der Waals surface area contributed by atoms with Crippen molar-refractivity contribution in [3.05, 3.63) is 96.3 Å². The van der Waals surface area contributed by atoms with Crippen molar-refractivity contribution in [3.8, 4) is 46.2 Å². The summed E-state index contributed by atoms with van der Waals surface area (Å²) in [5, 5.41) is 25.7. The van der Waals surface area contributed by atoms with E-state index in [1.165, 1.54) is 36.7 Å². The average molecular weight is 1030 g/mol. The molecule has 4 aromatic rings. The molecule has 2 aromatic carbocycles. The van der Waals surface area contributed by atoms with Gasteiger partial charge in [0.25, 0.3) is 23.7 Å². The van der Waals surface area contributed by atoms with Gasteiger partial charge >= 0.3 is 6.09 Å². The van der Waals surface area contributed by atoms with E-state index in [0.29, 0.717) is 46.9 Å². The van der Waals surface area contributed by atoms with Crippen molar-refractivity contribution in [3.63, 3.8) is 0 Å². The molecule has 0 unspecified atom stereocenters. The highest BCUT2D eigenvalue weighted by atomic mass is 19.3. The van der Waals surface area contributed by atoms with Gasteiger partial charge in [0.2, 0.25) is 17.7 Å². The second kappa shape index (κ2) is 24.4. The number of nitriles is 2. The van der Waals surface area contributed by atoms with Crippen LogP contribution in [0.1, 0.15) is 67.2 Å². The first-order chi connectivity index (χ1) is 35.1. The number of rotatable bonds is 20. The molecule has 23 heteroatoms. The number of halogens is 4. The number of nitrogens with one attached hydrogen (secondary N) is 3. The normalized spacial score (nSPS) is 16.5. The van der Waals surface area contributed by atoms with E-state index in [9.17, 15) is 56.9 Å². The zero-order valence-electron chi connectivity index (χ0n) is 40.7. The van der Waals surface area contributed by atoms with Crippen LogP contribution in [0.15, 0.2) is 85.2 Å². The molecule has 0 spiro atoms. The van der Waals surface area contributed by atoms with Crippen LogP contribution in [-0.2, 0) is 19.1 Å². The van der Waals surface area contributed by atoms with Gasteiger partial charge in [0.1, 0.15) is 35.7 Å². The van der Waals surface area contributed by atoms with E-state index >= 15 is 0 Å². The fourth-order valence-corrected chi connectivity index (χ4v) is 7.84. The number of ether oxygens (including phenoxy) is 3. The van der Waals surface area contributed by atoms with E-state index in [1.54, 1.807) is 86.3 Å². The van der Waals surface area contributed by atoms with Crippen molar-refractivity contribution < 1.29 is 60.5 Å². The quantitative estimate of drug-likeness (QED) is 0.0744. The van der Waals surface area contributed by atoms with Gasteiger partial charge in [-0.25, -0.2) is 22.4 Å². The third-order valence-electron chi connectivity index (χ3n) is 11.4. The Morgan fingerprint density at radius 2 is 1.08 bits per heavy atom. The molecule has 2 fully saturated rings. The zero-order chi connectivity index (χ0) is 53.6. The summed E-state index contributed by atoms with van der Waals surface area (Å²) >= 11 is 0. The maximum absolute atomic E-state index is 13.8. The molecule has 0 bridgehead atoms. The Morgan fingerprint density at radius 1 is 0.662 bits per heavy atom. The highest BCUT2D eigenvalue weighted by molar-refractivity contribution is 5.98. The lowest BCUT2D eigenvalue weighted by molar-refractivity contribution is -0.132. The van der Waals surface area contributed by atoms with Crippen LogP contribution in [0.4, 0.5) is 22.4 Å². The second-order valence-corrected chi connectivity index (χ2v) is 18.4. The molecular weight excluding hydrogens is 973 g/mol. The van der Waals surface area contributed by atoms with Crippen molar-refractivity contribution in [1.29, 1.82) is 10.5 Å². The van der Waals surface area contributed by atoms with Gasteiger partial charge in [-0.1, -0.05) is 0 Å². The van der Waals surface area contributed by atoms with Crippen LogP contribution in [0.3, 0.4) is 0 Å². The Hall–Kier alpha value is -8.34. The Morgan fingerprint density at radius 3 is 1.47 bits per heavy atom. The fourth-order valence-electron chi connectivity index (χ4n) is 7.84. The lowest BCUT2D eigenvalue weighted by Gasteiger charge is -2.24. The van der Waals surface area contributed by atoms with Crippen LogP contribution >= 0.6 is 0 Å². The third-order valence-corrected chi connectivity index (χ3v) is 11.4. The molecular formula is C51H54F4N10O9. The summed E-state index contributed by atoms with van der Waals surface area (Å²) in [6.45, 7) is 2.86. The summed E-state index contributed by atoms with van der Waals surface area (Å²) in [6, 6.07) is 20.5. The number of alkyl halides is 4. The van der Waals surface area contributed by atoms with E-state index < -0.39 is 98.3 Å². The van der Waals surface area contributed by atoms with Gasteiger partial charge in [0.15, 0.2) is 0 Å². The zero-order valence-corrected chi connectivity index (χ0v) is 40.7. The van der Waals surface area contributed by atoms with Gasteiger partial charge in [0.05, 0.1) is 62.9 Å². The predicted molar refractivity (Wildman–Crippen MR) is 256 cm³/mol. The number of nitrogens with zero attached hydrogens (tertiary/aromatic N) is 7. The van der Waals surface area contributed by atoms with Crippen LogP contribution in [0.5, 0.6) is 11.5 Å². The number of amides is 6. The van der Waals surface area contributed by atoms with E-state index in [4.69, 9.17) is 14.2 Å². The third kappa shape index (κ3) is 15.8. The monoisotopic (exact) mass is 1030 g/mol. The molecule has 4 heterocycles. The van der Waals surface area contributed by atoms with E-state index in [-0.39, 0.29) is 49.9 Å². The topological polar surface area (TPSA) is 249 Å².